The third kappa shape index (κ3) is 0.675. The highest BCUT2D eigenvalue weighted by molar-refractivity contribution is 6.01. The molecule has 2 fully saturated rings. The highest BCUT2D eigenvalue weighted by Crippen LogP contribution is 2.52. The number of hydrogen-bond donors (Lipinski definition) is 0. The van der Waals surface area contributed by atoms with Crippen LogP contribution in [0.25, 0.3) is 0 Å². The van der Waals surface area contributed by atoms with Gasteiger partial charge in [0.1, 0.15) is 0 Å². The van der Waals surface area contributed by atoms with E-state index in [4.69, 9.17) is 0 Å². The molecule has 0 aromatic rings. The molecule has 0 radical (unpaired) electrons. The van der Waals surface area contributed by atoms with E-state index in [2.05, 4.69) is 6.08 Å². The Morgan fingerprint density at radius 2 is 2.08 bits per heavy atom. The van der Waals surface area contributed by atoms with Crippen molar-refractivity contribution in [3.63, 3.8) is 0 Å². The highest BCUT2D eigenvalue weighted by atomic mass is 16.1. The molecule has 0 unspecified atom stereocenters. The van der Waals surface area contributed by atoms with E-state index in [1.165, 1.54) is 31.3 Å². The maximum atomic E-state index is 11.8. The van der Waals surface area contributed by atoms with Crippen LogP contribution in [0.15, 0.2) is 11.6 Å². The number of carbonyl (C=O) groups excluding carboxylic acids is 1. The summed E-state index contributed by atoms with van der Waals surface area (Å²) in [5.74, 6) is 2.40. The molecule has 3 aliphatic rings. The summed E-state index contributed by atoms with van der Waals surface area (Å²) in [6.07, 6.45) is 8.42. The number of allylic oxidation sites excluding steroid dienone is 2. The van der Waals surface area contributed by atoms with Crippen molar-refractivity contribution >= 4 is 5.78 Å². The number of carbonyl (C=O) groups is 1. The van der Waals surface area contributed by atoms with Crippen LogP contribution in [-0.4, -0.2) is 5.78 Å². The second-order valence-corrected chi connectivity index (χ2v) is 4.41. The van der Waals surface area contributed by atoms with Crippen molar-refractivity contribution < 1.29 is 4.79 Å². The first kappa shape index (κ1) is 6.88. The molecule has 0 aromatic carbocycles. The molecule has 0 saturated heterocycles. The lowest BCUT2D eigenvalue weighted by molar-refractivity contribution is -0.118. The molecule has 0 spiro atoms. The Kier molecular flexibility index (Phi) is 1.27. The molecular formula is C11H14O. The van der Waals surface area contributed by atoms with Crippen LogP contribution >= 0.6 is 0 Å². The summed E-state index contributed by atoms with van der Waals surface area (Å²) in [4.78, 5) is 11.8. The predicted octanol–water partition coefficient (Wildman–Crippen LogP) is 2.32. The quantitative estimate of drug-likeness (QED) is 0.534. The zero-order chi connectivity index (χ0) is 8.13. The maximum Gasteiger partial charge on any atom is 0.162 e. The summed E-state index contributed by atoms with van der Waals surface area (Å²) in [6, 6.07) is 0. The third-order valence-electron chi connectivity index (χ3n) is 3.95. The smallest absolute Gasteiger partial charge is 0.162 e. The Morgan fingerprint density at radius 3 is 3.00 bits per heavy atom. The van der Waals surface area contributed by atoms with E-state index in [1.807, 2.05) is 0 Å². The maximum absolute atomic E-state index is 11.8. The molecule has 64 valence electrons. The van der Waals surface area contributed by atoms with E-state index in [-0.39, 0.29) is 0 Å². The van der Waals surface area contributed by atoms with Crippen LogP contribution < -0.4 is 0 Å². The van der Waals surface area contributed by atoms with E-state index in [1.54, 1.807) is 0 Å². The average Bonchev–Trinajstić information content (AvgIpc) is 2.72. The lowest BCUT2D eigenvalue weighted by atomic mass is 9.90. The molecule has 0 aromatic heterocycles. The highest BCUT2D eigenvalue weighted by Gasteiger charge is 2.48. The molecule has 1 heteroatoms. The first-order valence-corrected chi connectivity index (χ1v) is 5.12. The van der Waals surface area contributed by atoms with Crippen molar-refractivity contribution in [2.75, 3.05) is 0 Å². The van der Waals surface area contributed by atoms with E-state index in [9.17, 15) is 4.79 Å². The average molecular weight is 162 g/mol. The number of fused-ring (bicyclic) bond motifs is 3. The van der Waals surface area contributed by atoms with Gasteiger partial charge in [0, 0.05) is 5.92 Å². The molecule has 2 saturated carbocycles. The van der Waals surface area contributed by atoms with Crippen molar-refractivity contribution in [2.24, 2.45) is 17.8 Å². The fourth-order valence-corrected chi connectivity index (χ4v) is 3.46. The van der Waals surface area contributed by atoms with Gasteiger partial charge in [0.15, 0.2) is 5.78 Å². The zero-order valence-electron chi connectivity index (χ0n) is 7.25. The fourth-order valence-electron chi connectivity index (χ4n) is 3.46. The molecule has 0 N–H and O–H groups in total. The van der Waals surface area contributed by atoms with Crippen LogP contribution in [0.1, 0.15) is 32.1 Å². The Bertz CT molecular complexity index is 264. The van der Waals surface area contributed by atoms with Crippen LogP contribution in [0.4, 0.5) is 0 Å². The molecule has 0 heterocycles. The lowest BCUT2D eigenvalue weighted by Gasteiger charge is -2.13. The molecule has 12 heavy (non-hydrogen) atoms. The van der Waals surface area contributed by atoms with Crippen LogP contribution in [0.2, 0.25) is 0 Å². The summed E-state index contributed by atoms with van der Waals surface area (Å²) in [7, 11) is 0. The second kappa shape index (κ2) is 2.21. The summed E-state index contributed by atoms with van der Waals surface area (Å²) < 4.78 is 0. The van der Waals surface area contributed by atoms with Crippen molar-refractivity contribution in [3.8, 4) is 0 Å². The number of hydrogen-bond acceptors (Lipinski definition) is 1. The van der Waals surface area contributed by atoms with Gasteiger partial charge in [0.2, 0.25) is 0 Å². The summed E-state index contributed by atoms with van der Waals surface area (Å²) in [6.45, 7) is 0. The van der Waals surface area contributed by atoms with Gasteiger partial charge in [0.05, 0.1) is 0 Å². The molecule has 0 aliphatic heterocycles. The van der Waals surface area contributed by atoms with Gasteiger partial charge in [-0.15, -0.1) is 0 Å². The minimum absolute atomic E-state index is 0.446. The van der Waals surface area contributed by atoms with Crippen molar-refractivity contribution in [3.05, 3.63) is 11.6 Å². The van der Waals surface area contributed by atoms with Gasteiger partial charge in [-0.1, -0.05) is 12.5 Å². The summed E-state index contributed by atoms with van der Waals surface area (Å²) in [5, 5.41) is 0. The van der Waals surface area contributed by atoms with E-state index >= 15 is 0 Å². The molecule has 0 amide bonds. The fraction of sp³-hybridized carbons (Fsp3) is 0.727. The minimum Gasteiger partial charge on any atom is -0.294 e. The first-order valence-electron chi connectivity index (χ1n) is 5.12. The summed E-state index contributed by atoms with van der Waals surface area (Å²) >= 11 is 0. The van der Waals surface area contributed by atoms with E-state index in [0.717, 1.165) is 12.3 Å². The number of rotatable bonds is 0. The van der Waals surface area contributed by atoms with Gasteiger partial charge < -0.3 is 0 Å². The minimum atomic E-state index is 0.446. The number of Topliss-reactive ketones (excluding diaryl/α,β-unsaturated/α-hetero) is 1. The SMILES string of the molecule is O=C1C2=CCC[C@H]2[C@@H]2CCC[C@H]12. The topological polar surface area (TPSA) is 17.1 Å². The molecule has 3 rings (SSSR count). The van der Waals surface area contributed by atoms with Crippen LogP contribution in [0, 0.1) is 17.8 Å². The van der Waals surface area contributed by atoms with E-state index < -0.39 is 0 Å². The number of ketones is 1. The standard InChI is InChI=1S/C11H14O/c12-11-9-5-1-3-7(9)8-4-2-6-10(8)11/h5,7-8,10H,1-4,6H2/t7-,8-,10-/m0/s1. The van der Waals surface area contributed by atoms with Crippen LogP contribution in [0.5, 0.6) is 0 Å². The molecule has 3 aliphatic carbocycles. The Morgan fingerprint density at radius 1 is 1.17 bits per heavy atom. The zero-order valence-corrected chi connectivity index (χ0v) is 7.25. The van der Waals surface area contributed by atoms with Gasteiger partial charge in [-0.25, -0.2) is 0 Å². The lowest BCUT2D eigenvalue weighted by Crippen LogP contribution is -2.10. The molecular weight excluding hydrogens is 148 g/mol. The normalized spacial score (nSPS) is 44.5. The monoisotopic (exact) mass is 162 g/mol. The largest absolute Gasteiger partial charge is 0.294 e. The Balaban J connectivity index is 2.02. The van der Waals surface area contributed by atoms with Gasteiger partial charge >= 0.3 is 0 Å². The first-order chi connectivity index (χ1) is 5.88. The molecule has 1 nitrogen and oxygen atoms in total. The van der Waals surface area contributed by atoms with Gasteiger partial charge in [-0.3, -0.25) is 4.79 Å². The summed E-state index contributed by atoms with van der Waals surface area (Å²) in [5.41, 5.74) is 1.21. The predicted molar refractivity (Wildman–Crippen MR) is 46.6 cm³/mol. The second-order valence-electron chi connectivity index (χ2n) is 4.41. The van der Waals surface area contributed by atoms with Crippen molar-refractivity contribution in [1.29, 1.82) is 0 Å². The van der Waals surface area contributed by atoms with Gasteiger partial charge in [-0.05, 0) is 43.1 Å². The van der Waals surface area contributed by atoms with Gasteiger partial charge in [-0.2, -0.15) is 0 Å². The Labute approximate surface area is 72.8 Å². The molecule has 0 bridgehead atoms. The third-order valence-corrected chi connectivity index (χ3v) is 3.95. The van der Waals surface area contributed by atoms with E-state index in [0.29, 0.717) is 17.6 Å². The van der Waals surface area contributed by atoms with Crippen molar-refractivity contribution in [1.82, 2.24) is 0 Å². The van der Waals surface area contributed by atoms with Gasteiger partial charge in [0.25, 0.3) is 0 Å². The molecule has 3 atom stereocenters. The van der Waals surface area contributed by atoms with Crippen LogP contribution in [0.3, 0.4) is 0 Å². The van der Waals surface area contributed by atoms with Crippen molar-refractivity contribution in [2.45, 2.75) is 32.1 Å². The van der Waals surface area contributed by atoms with Crippen LogP contribution in [-0.2, 0) is 4.79 Å². The Hall–Kier alpha value is -0.590.